The molecule has 4 rings (SSSR count). The maximum Gasteiger partial charge on any atom is 0.255 e. The van der Waals surface area contributed by atoms with E-state index in [1.54, 1.807) is 42.6 Å². The number of oxazole rings is 1. The first-order valence-corrected chi connectivity index (χ1v) is 11.0. The number of amides is 2. The first-order valence-electron chi connectivity index (χ1n) is 11.0. The molecule has 1 aromatic heterocycles. The van der Waals surface area contributed by atoms with Crippen LogP contribution in [-0.4, -0.2) is 31.0 Å². The molecule has 4 aromatic rings. The summed E-state index contributed by atoms with van der Waals surface area (Å²) in [5.74, 6) is 1.35. The van der Waals surface area contributed by atoms with Crippen molar-refractivity contribution in [2.45, 2.75) is 12.8 Å². The Hall–Kier alpha value is -4.59. The molecule has 0 aliphatic rings. The predicted octanol–water partition coefficient (Wildman–Crippen LogP) is 5.18. The van der Waals surface area contributed by atoms with Crippen LogP contribution in [0.15, 0.2) is 83.4 Å². The highest BCUT2D eigenvalue weighted by Gasteiger charge is 2.17. The molecule has 8 nitrogen and oxygen atoms in total. The summed E-state index contributed by atoms with van der Waals surface area (Å²) in [6, 6.07) is 21.7. The Balaban J connectivity index is 1.42. The normalized spacial score (nSPS) is 10.5. The van der Waals surface area contributed by atoms with Gasteiger partial charge in [-0.05, 0) is 12.1 Å². The van der Waals surface area contributed by atoms with Gasteiger partial charge >= 0.3 is 0 Å². The van der Waals surface area contributed by atoms with Crippen molar-refractivity contribution in [2.24, 2.45) is 0 Å². The second kappa shape index (κ2) is 11.0. The molecule has 2 amide bonds. The summed E-state index contributed by atoms with van der Waals surface area (Å²) in [5, 5.41) is 5.65. The third-order valence-electron chi connectivity index (χ3n) is 5.26. The topological polar surface area (TPSA) is 103 Å². The van der Waals surface area contributed by atoms with Crippen molar-refractivity contribution in [3.63, 3.8) is 0 Å². The van der Waals surface area contributed by atoms with Crippen molar-refractivity contribution >= 4 is 23.2 Å². The molecule has 0 spiro atoms. The third kappa shape index (κ3) is 5.86. The minimum absolute atomic E-state index is 0.159. The molecule has 3 aromatic carbocycles. The Morgan fingerprint density at radius 1 is 0.857 bits per heavy atom. The highest BCUT2D eigenvalue weighted by molar-refractivity contribution is 6.05. The van der Waals surface area contributed by atoms with Gasteiger partial charge in [0, 0.05) is 36.1 Å². The number of ether oxygens (including phenoxy) is 2. The van der Waals surface area contributed by atoms with Crippen LogP contribution in [0.25, 0.3) is 11.3 Å². The standard InChI is InChI=1S/C27H25N3O5/c1-33-22-16-21(30-27(32)19-11-7-4-8-12-19)23(34-2)15-20(22)29-25(31)13-14-26-28-17-24(35-26)18-9-5-3-6-10-18/h3-12,15-17H,13-14H2,1-2H3,(H,29,31)(H,30,32). The Morgan fingerprint density at radius 3 is 2.09 bits per heavy atom. The van der Waals surface area contributed by atoms with Crippen molar-refractivity contribution in [3.05, 3.63) is 90.4 Å². The van der Waals surface area contributed by atoms with Crippen LogP contribution in [0.3, 0.4) is 0 Å². The summed E-state index contributed by atoms with van der Waals surface area (Å²) < 4.78 is 16.6. The van der Waals surface area contributed by atoms with Gasteiger partial charge in [-0.2, -0.15) is 0 Å². The Morgan fingerprint density at radius 2 is 1.46 bits per heavy atom. The SMILES string of the molecule is COc1cc(NC(=O)c2ccccc2)c(OC)cc1NC(=O)CCc1ncc(-c2ccccc2)o1. The smallest absolute Gasteiger partial charge is 0.255 e. The van der Waals surface area contributed by atoms with Gasteiger partial charge in [-0.3, -0.25) is 9.59 Å². The van der Waals surface area contributed by atoms with Gasteiger partial charge in [0.2, 0.25) is 5.91 Å². The van der Waals surface area contributed by atoms with Crippen LogP contribution >= 0.6 is 0 Å². The molecule has 0 fully saturated rings. The number of hydrogen-bond donors (Lipinski definition) is 2. The fourth-order valence-corrected chi connectivity index (χ4v) is 3.47. The predicted molar refractivity (Wildman–Crippen MR) is 133 cm³/mol. The van der Waals surface area contributed by atoms with Crippen molar-refractivity contribution in [3.8, 4) is 22.8 Å². The van der Waals surface area contributed by atoms with E-state index in [2.05, 4.69) is 15.6 Å². The molecule has 1 heterocycles. The number of aromatic nitrogens is 1. The van der Waals surface area contributed by atoms with E-state index in [1.165, 1.54) is 14.2 Å². The van der Waals surface area contributed by atoms with E-state index in [4.69, 9.17) is 13.9 Å². The van der Waals surface area contributed by atoms with Gasteiger partial charge < -0.3 is 24.5 Å². The quantitative estimate of drug-likeness (QED) is 0.349. The van der Waals surface area contributed by atoms with Gasteiger partial charge in [0.25, 0.3) is 5.91 Å². The van der Waals surface area contributed by atoms with Crippen LogP contribution in [0.4, 0.5) is 11.4 Å². The number of benzene rings is 3. The molecule has 0 saturated heterocycles. The Bertz CT molecular complexity index is 1300. The number of rotatable bonds is 9. The highest BCUT2D eigenvalue weighted by Crippen LogP contribution is 2.36. The van der Waals surface area contributed by atoms with E-state index in [-0.39, 0.29) is 18.2 Å². The maximum absolute atomic E-state index is 12.6. The summed E-state index contributed by atoms with van der Waals surface area (Å²) in [6.45, 7) is 0. The molecule has 0 unspecified atom stereocenters. The van der Waals surface area contributed by atoms with E-state index in [0.717, 1.165) is 5.56 Å². The van der Waals surface area contributed by atoms with Gasteiger partial charge in [-0.1, -0.05) is 48.5 Å². The Kier molecular flexibility index (Phi) is 7.42. The molecule has 0 saturated carbocycles. The minimum Gasteiger partial charge on any atom is -0.494 e. The van der Waals surface area contributed by atoms with Crippen molar-refractivity contribution in [1.82, 2.24) is 4.98 Å². The molecule has 0 radical (unpaired) electrons. The maximum atomic E-state index is 12.6. The van der Waals surface area contributed by atoms with Crippen molar-refractivity contribution in [2.75, 3.05) is 24.9 Å². The molecule has 0 aliphatic heterocycles. The number of nitrogens with zero attached hydrogens (tertiary/aromatic N) is 1. The zero-order chi connectivity index (χ0) is 24.6. The van der Waals surface area contributed by atoms with Gasteiger partial charge in [0.05, 0.1) is 31.8 Å². The van der Waals surface area contributed by atoms with E-state index in [0.29, 0.717) is 46.5 Å². The second-order valence-corrected chi connectivity index (χ2v) is 7.61. The summed E-state index contributed by atoms with van der Waals surface area (Å²) >= 11 is 0. The third-order valence-corrected chi connectivity index (χ3v) is 5.26. The molecule has 0 aliphatic carbocycles. The summed E-state index contributed by atoms with van der Waals surface area (Å²) in [5.41, 5.74) is 2.27. The van der Waals surface area contributed by atoms with Gasteiger partial charge in [0.1, 0.15) is 11.5 Å². The van der Waals surface area contributed by atoms with Crippen LogP contribution in [0.1, 0.15) is 22.7 Å². The summed E-state index contributed by atoms with van der Waals surface area (Å²) in [7, 11) is 2.97. The molecule has 8 heteroatoms. The zero-order valence-electron chi connectivity index (χ0n) is 19.4. The largest absolute Gasteiger partial charge is 0.494 e. The molecule has 35 heavy (non-hydrogen) atoms. The average molecular weight is 472 g/mol. The zero-order valence-corrected chi connectivity index (χ0v) is 19.4. The lowest BCUT2D eigenvalue weighted by Crippen LogP contribution is -2.15. The fraction of sp³-hybridized carbons (Fsp3) is 0.148. The first-order chi connectivity index (χ1) is 17.1. The molecular weight excluding hydrogens is 446 g/mol. The molecular formula is C27H25N3O5. The van der Waals surface area contributed by atoms with Gasteiger partial charge in [0.15, 0.2) is 11.7 Å². The number of carbonyl (C=O) groups is 2. The number of anilines is 2. The van der Waals surface area contributed by atoms with Crippen molar-refractivity contribution in [1.29, 1.82) is 0 Å². The van der Waals surface area contributed by atoms with Crippen LogP contribution in [0.5, 0.6) is 11.5 Å². The average Bonchev–Trinajstić information content (AvgIpc) is 3.38. The van der Waals surface area contributed by atoms with Crippen LogP contribution in [0, 0.1) is 0 Å². The lowest BCUT2D eigenvalue weighted by atomic mass is 10.2. The van der Waals surface area contributed by atoms with E-state index >= 15 is 0 Å². The lowest BCUT2D eigenvalue weighted by Gasteiger charge is -2.16. The minimum atomic E-state index is -0.288. The van der Waals surface area contributed by atoms with E-state index in [9.17, 15) is 9.59 Å². The molecule has 2 N–H and O–H groups in total. The highest BCUT2D eigenvalue weighted by atomic mass is 16.5. The van der Waals surface area contributed by atoms with Gasteiger partial charge in [-0.25, -0.2) is 4.98 Å². The molecule has 0 atom stereocenters. The lowest BCUT2D eigenvalue weighted by molar-refractivity contribution is -0.116. The summed E-state index contributed by atoms with van der Waals surface area (Å²) in [4.78, 5) is 29.5. The number of carbonyl (C=O) groups excluding carboxylic acids is 2. The van der Waals surface area contributed by atoms with Crippen LogP contribution in [-0.2, 0) is 11.2 Å². The molecule has 0 bridgehead atoms. The number of nitrogens with one attached hydrogen (secondary N) is 2. The van der Waals surface area contributed by atoms with E-state index in [1.807, 2.05) is 36.4 Å². The summed E-state index contributed by atoms with van der Waals surface area (Å²) in [6.07, 6.45) is 2.15. The fourth-order valence-electron chi connectivity index (χ4n) is 3.47. The van der Waals surface area contributed by atoms with Crippen LogP contribution < -0.4 is 20.1 Å². The van der Waals surface area contributed by atoms with Gasteiger partial charge in [-0.15, -0.1) is 0 Å². The number of hydrogen-bond acceptors (Lipinski definition) is 6. The Labute approximate surface area is 202 Å². The van der Waals surface area contributed by atoms with E-state index < -0.39 is 0 Å². The number of aryl methyl sites for hydroxylation is 1. The number of methoxy groups -OCH3 is 2. The monoisotopic (exact) mass is 471 g/mol. The second-order valence-electron chi connectivity index (χ2n) is 7.61. The van der Waals surface area contributed by atoms with Crippen molar-refractivity contribution < 1.29 is 23.5 Å². The first kappa shape index (κ1) is 23.6. The van der Waals surface area contributed by atoms with Crippen LogP contribution in [0.2, 0.25) is 0 Å². The molecule has 178 valence electrons.